The molecule has 14 heteroatoms. The van der Waals surface area contributed by atoms with E-state index in [0.717, 1.165) is 5.06 Å². The van der Waals surface area contributed by atoms with Gasteiger partial charge in [-0.2, -0.15) is 10.1 Å². The summed E-state index contributed by atoms with van der Waals surface area (Å²) in [5.41, 5.74) is -2.08. The molecule has 0 saturated heterocycles. The normalized spacial score (nSPS) is 15.6. The first-order valence-electron chi connectivity index (χ1n) is 15.4. The van der Waals surface area contributed by atoms with E-state index in [2.05, 4.69) is 0 Å². The third-order valence-electron chi connectivity index (χ3n) is 5.84. The average molecular weight is 677 g/mol. The molecule has 0 spiro atoms. The maximum absolute atomic E-state index is 13.6. The van der Waals surface area contributed by atoms with Gasteiger partial charge in [0.2, 0.25) is 5.79 Å². The summed E-state index contributed by atoms with van der Waals surface area (Å²) in [5, 5.41) is 13.2. The second-order valence-electron chi connectivity index (χ2n) is 14.9. The number of nitrogens with zero attached hydrogens (tertiary/aromatic N) is 2. The zero-order valence-electron chi connectivity index (χ0n) is 31.0. The first-order valence-corrected chi connectivity index (χ1v) is 18.6. The molecule has 0 heterocycles. The maximum Gasteiger partial charge on any atom is 0.350 e. The highest BCUT2D eigenvalue weighted by molar-refractivity contribution is 7.55. The van der Waals surface area contributed by atoms with Crippen molar-refractivity contribution in [1.29, 1.82) is 0 Å². The Kier molecular flexibility index (Phi) is 18.4. The molecule has 2 unspecified atom stereocenters. The van der Waals surface area contributed by atoms with Gasteiger partial charge in [0.25, 0.3) is 6.47 Å². The van der Waals surface area contributed by atoms with Gasteiger partial charge in [-0.15, -0.1) is 0 Å². The highest BCUT2D eigenvalue weighted by atomic mass is 31.2. The number of ether oxygens (including phenoxy) is 1. The minimum absolute atomic E-state index is 0.246. The fourth-order valence-corrected chi connectivity index (χ4v) is 9.62. The van der Waals surface area contributed by atoms with Crippen LogP contribution in [0.2, 0.25) is 0 Å². The molecule has 0 fully saturated rings. The lowest BCUT2D eigenvalue weighted by Crippen LogP contribution is -2.56. The molecule has 44 heavy (non-hydrogen) atoms. The molecular weight excluding hydrogens is 610 g/mol. The molecule has 0 aromatic heterocycles. The number of hydrogen-bond donors (Lipinski definition) is 1. The van der Waals surface area contributed by atoms with Crippen molar-refractivity contribution in [2.75, 3.05) is 26.4 Å². The SMILES string of the molecule is CCOP(=O)(OCC)C(N(O)C(C)(C)C)C(C)(C)C.CCOP(=O)(OCC)C(N(OC(C)(C)OC=O)C(C)(C)C)C(C)(C)C. The zero-order valence-corrected chi connectivity index (χ0v) is 32.8. The molecular formula is C30H66N2O10P2. The Morgan fingerprint density at radius 2 is 0.932 bits per heavy atom. The molecule has 1 N–H and O–H groups in total. The molecule has 0 aliphatic heterocycles. The number of carbonyl (C=O) groups is 1. The highest BCUT2D eigenvalue weighted by Gasteiger charge is 2.53. The van der Waals surface area contributed by atoms with Crippen LogP contribution in [0.4, 0.5) is 0 Å². The molecule has 0 aromatic rings. The van der Waals surface area contributed by atoms with Gasteiger partial charge in [-0.1, -0.05) is 41.5 Å². The molecule has 0 radical (unpaired) electrons. The molecule has 0 bridgehead atoms. The topological polar surface area (TPSA) is 133 Å². The third-order valence-corrected chi connectivity index (χ3v) is 11.5. The lowest BCUT2D eigenvalue weighted by Gasteiger charge is -2.49. The third kappa shape index (κ3) is 14.6. The summed E-state index contributed by atoms with van der Waals surface area (Å²) in [7, 11) is -6.98. The molecule has 2 atom stereocenters. The quantitative estimate of drug-likeness (QED) is 0.0725. The second-order valence-corrected chi connectivity index (χ2v) is 19.1. The van der Waals surface area contributed by atoms with Gasteiger partial charge >= 0.3 is 15.2 Å². The average Bonchev–Trinajstić information content (AvgIpc) is 2.76. The van der Waals surface area contributed by atoms with Crippen LogP contribution in [0.1, 0.15) is 125 Å². The van der Waals surface area contributed by atoms with Crippen LogP contribution in [0.3, 0.4) is 0 Å². The summed E-state index contributed by atoms with van der Waals surface area (Å²) in [5.74, 6) is -2.67. The van der Waals surface area contributed by atoms with Gasteiger partial charge in [0.15, 0.2) is 0 Å². The maximum atomic E-state index is 13.6. The van der Waals surface area contributed by atoms with Crippen molar-refractivity contribution in [3.63, 3.8) is 0 Å². The van der Waals surface area contributed by atoms with Crippen LogP contribution in [0, 0.1) is 10.8 Å². The van der Waals surface area contributed by atoms with Crippen LogP contribution in [0.25, 0.3) is 0 Å². The molecule has 12 nitrogen and oxygen atoms in total. The van der Waals surface area contributed by atoms with Crippen LogP contribution in [-0.4, -0.2) is 76.7 Å². The molecule has 266 valence electrons. The second kappa shape index (κ2) is 17.7. The lowest BCUT2D eigenvalue weighted by atomic mass is 9.94. The summed E-state index contributed by atoms with van der Waals surface area (Å²) >= 11 is 0. The fraction of sp³-hybridized carbons (Fsp3) is 0.967. The van der Waals surface area contributed by atoms with Crippen LogP contribution >= 0.6 is 15.2 Å². The molecule has 0 aromatic carbocycles. The fourth-order valence-electron chi connectivity index (χ4n) is 4.30. The van der Waals surface area contributed by atoms with E-state index in [1.807, 2.05) is 83.1 Å². The van der Waals surface area contributed by atoms with Gasteiger partial charge in [-0.3, -0.25) is 18.8 Å². The predicted octanol–water partition coefficient (Wildman–Crippen LogP) is 8.68. The van der Waals surface area contributed by atoms with Gasteiger partial charge < -0.3 is 28.0 Å². The molecule has 0 rings (SSSR count). The van der Waals surface area contributed by atoms with Gasteiger partial charge in [0, 0.05) is 24.9 Å². The molecule has 0 saturated carbocycles. The Hall–Kier alpha value is -0.390. The Labute approximate surface area is 268 Å². The summed E-state index contributed by atoms with van der Waals surface area (Å²) in [4.78, 5) is 16.8. The monoisotopic (exact) mass is 676 g/mol. The summed E-state index contributed by atoms with van der Waals surface area (Å²) in [6.07, 6.45) is 0. The van der Waals surface area contributed by atoms with Crippen molar-refractivity contribution in [2.24, 2.45) is 10.8 Å². The van der Waals surface area contributed by atoms with Crippen molar-refractivity contribution >= 4 is 21.7 Å². The van der Waals surface area contributed by atoms with Crippen LogP contribution in [0.15, 0.2) is 0 Å². The van der Waals surface area contributed by atoms with Gasteiger partial charge in [-0.05, 0) is 80.1 Å². The lowest BCUT2D eigenvalue weighted by molar-refractivity contribution is -0.352. The van der Waals surface area contributed by atoms with Crippen molar-refractivity contribution in [1.82, 2.24) is 10.1 Å². The molecule has 0 aliphatic rings. The first kappa shape index (κ1) is 45.7. The van der Waals surface area contributed by atoms with Crippen LogP contribution in [-0.2, 0) is 41.6 Å². The number of hydrogen-bond acceptors (Lipinski definition) is 12. The van der Waals surface area contributed by atoms with E-state index in [-0.39, 0.29) is 26.4 Å². The Morgan fingerprint density at radius 1 is 0.614 bits per heavy atom. The molecule has 0 amide bonds. The number of hydroxylamine groups is 4. The van der Waals surface area contributed by atoms with Crippen molar-refractivity contribution in [2.45, 2.75) is 153 Å². The van der Waals surface area contributed by atoms with Gasteiger partial charge in [0.1, 0.15) is 11.6 Å². The van der Waals surface area contributed by atoms with Crippen LogP contribution in [0.5, 0.6) is 0 Å². The highest BCUT2D eigenvalue weighted by Crippen LogP contribution is 2.61. The Morgan fingerprint density at radius 3 is 1.16 bits per heavy atom. The minimum Gasteiger partial charge on any atom is -0.434 e. The van der Waals surface area contributed by atoms with Crippen molar-refractivity contribution in [3.05, 3.63) is 0 Å². The van der Waals surface area contributed by atoms with E-state index >= 15 is 0 Å². The zero-order chi connectivity index (χ0) is 35.6. The first-order chi connectivity index (χ1) is 19.5. The summed E-state index contributed by atoms with van der Waals surface area (Å²) < 4.78 is 53.7. The van der Waals surface area contributed by atoms with E-state index in [4.69, 9.17) is 27.7 Å². The summed E-state index contributed by atoms with van der Waals surface area (Å²) in [6.45, 7) is 34.6. The number of carbonyl (C=O) groups excluding carboxylic acids is 1. The standard InChI is InChI=1S/C17H36NO6P.C13H30NO4P/c1-11-22-25(20,23-12-2)14(15(3,4)5)18(16(6,7)8)24-17(9,10)21-13-19;1-9-17-19(16,18-10-2)11(12(3,4)5)14(15)13(6,7)8/h13-14H,11-12H2,1-10H3;11,15H,9-10H2,1-8H3. The summed E-state index contributed by atoms with van der Waals surface area (Å²) in [6, 6.07) is 0. The largest absolute Gasteiger partial charge is 0.434 e. The minimum atomic E-state index is -3.55. The van der Waals surface area contributed by atoms with E-state index in [1.54, 1.807) is 46.6 Å². The van der Waals surface area contributed by atoms with E-state index in [9.17, 15) is 19.1 Å². The Bertz CT molecular complexity index is 914. The molecule has 0 aliphatic carbocycles. The van der Waals surface area contributed by atoms with E-state index < -0.39 is 54.5 Å². The Balaban J connectivity index is 0. The predicted molar refractivity (Wildman–Crippen MR) is 175 cm³/mol. The van der Waals surface area contributed by atoms with Crippen molar-refractivity contribution < 1.29 is 46.8 Å². The van der Waals surface area contributed by atoms with E-state index in [1.165, 1.54) is 0 Å². The van der Waals surface area contributed by atoms with Crippen LogP contribution < -0.4 is 0 Å². The van der Waals surface area contributed by atoms with E-state index in [0.29, 0.717) is 6.47 Å². The van der Waals surface area contributed by atoms with Crippen molar-refractivity contribution in [3.8, 4) is 0 Å². The number of rotatable bonds is 16. The smallest absolute Gasteiger partial charge is 0.350 e. The van der Waals surface area contributed by atoms with Gasteiger partial charge in [-0.25, -0.2) is 0 Å². The van der Waals surface area contributed by atoms with Gasteiger partial charge in [0.05, 0.1) is 26.4 Å².